The van der Waals surface area contributed by atoms with Gasteiger partial charge in [0.1, 0.15) is 11.5 Å². The lowest BCUT2D eigenvalue weighted by Crippen LogP contribution is -2.23. The molecule has 0 unspecified atom stereocenters. The van der Waals surface area contributed by atoms with Crippen LogP contribution in [-0.2, 0) is 6.54 Å². The number of nitro benzene ring substituents is 1. The Bertz CT molecular complexity index is 793. The van der Waals surface area contributed by atoms with Gasteiger partial charge in [0.2, 0.25) is 0 Å². The molecule has 138 valence electrons. The third-order valence-corrected chi connectivity index (χ3v) is 3.38. The molecule has 0 bridgehead atoms. The van der Waals surface area contributed by atoms with Gasteiger partial charge in [0, 0.05) is 18.2 Å². The summed E-state index contributed by atoms with van der Waals surface area (Å²) in [6.07, 6.45) is 0. The quantitative estimate of drug-likeness (QED) is 0.324. The molecule has 0 aliphatic rings. The lowest BCUT2D eigenvalue weighted by molar-refractivity contribution is -0.384. The van der Waals surface area contributed by atoms with Crippen LogP contribution in [0.3, 0.4) is 0 Å². The summed E-state index contributed by atoms with van der Waals surface area (Å²) in [6.45, 7) is 5.06. The van der Waals surface area contributed by atoms with Crippen LogP contribution in [0, 0.1) is 10.1 Å². The van der Waals surface area contributed by atoms with Gasteiger partial charge >= 0.3 is 0 Å². The Morgan fingerprint density at radius 2 is 1.96 bits per heavy atom. The van der Waals surface area contributed by atoms with Gasteiger partial charge in [-0.3, -0.25) is 10.1 Å². The molecule has 3 N–H and O–H groups in total. The predicted octanol–water partition coefficient (Wildman–Crippen LogP) is 3.32. The topological polar surface area (TPSA) is 112 Å². The van der Waals surface area contributed by atoms with Gasteiger partial charge in [0.25, 0.3) is 5.69 Å². The van der Waals surface area contributed by atoms with Crippen LogP contribution in [0.5, 0.6) is 11.5 Å². The summed E-state index contributed by atoms with van der Waals surface area (Å²) in [6, 6.07) is 11.7. The van der Waals surface area contributed by atoms with Crippen molar-refractivity contribution in [3.05, 3.63) is 58.1 Å². The van der Waals surface area contributed by atoms with E-state index in [2.05, 4.69) is 10.3 Å². The Morgan fingerprint density at radius 1 is 1.19 bits per heavy atom. The summed E-state index contributed by atoms with van der Waals surface area (Å²) in [4.78, 5) is 14.6. The number of non-ortho nitro benzene ring substituents is 1. The van der Waals surface area contributed by atoms with Crippen molar-refractivity contribution in [2.45, 2.75) is 20.4 Å². The van der Waals surface area contributed by atoms with Crippen molar-refractivity contribution >= 4 is 17.3 Å². The van der Waals surface area contributed by atoms with Gasteiger partial charge in [0.05, 0.1) is 30.4 Å². The average molecular weight is 358 g/mol. The van der Waals surface area contributed by atoms with Crippen LogP contribution in [0.25, 0.3) is 0 Å². The fraction of sp³-hybridized carbons (Fsp3) is 0.278. The molecule has 0 spiro atoms. The fourth-order valence-electron chi connectivity index (χ4n) is 2.27. The van der Waals surface area contributed by atoms with Crippen molar-refractivity contribution in [2.75, 3.05) is 18.5 Å². The largest absolute Gasteiger partial charge is 0.494 e. The highest BCUT2D eigenvalue weighted by atomic mass is 16.6. The molecule has 0 saturated carbocycles. The Balaban J connectivity index is 2.13. The summed E-state index contributed by atoms with van der Waals surface area (Å²) in [7, 11) is 0. The molecule has 8 nitrogen and oxygen atoms in total. The van der Waals surface area contributed by atoms with Crippen LogP contribution >= 0.6 is 0 Å². The number of rotatable bonds is 8. The van der Waals surface area contributed by atoms with Gasteiger partial charge in [-0.2, -0.15) is 0 Å². The number of nitrogens with one attached hydrogen (secondary N) is 1. The molecular weight excluding hydrogens is 336 g/mol. The zero-order valence-electron chi connectivity index (χ0n) is 14.8. The summed E-state index contributed by atoms with van der Waals surface area (Å²) < 4.78 is 11.1. The van der Waals surface area contributed by atoms with E-state index in [-0.39, 0.29) is 18.2 Å². The number of anilines is 1. The molecule has 0 saturated heterocycles. The maximum Gasteiger partial charge on any atom is 0.269 e. The molecule has 8 heteroatoms. The molecule has 0 fully saturated rings. The van der Waals surface area contributed by atoms with Crippen LogP contribution < -0.4 is 20.5 Å². The van der Waals surface area contributed by atoms with Crippen LogP contribution in [0.2, 0.25) is 0 Å². The normalized spacial score (nSPS) is 11.1. The van der Waals surface area contributed by atoms with E-state index >= 15 is 0 Å². The van der Waals surface area contributed by atoms with Gasteiger partial charge in [0.15, 0.2) is 5.96 Å². The van der Waals surface area contributed by atoms with Crippen molar-refractivity contribution in [3.8, 4) is 11.5 Å². The lowest BCUT2D eigenvalue weighted by Gasteiger charge is -2.14. The molecule has 2 aromatic carbocycles. The number of benzene rings is 2. The Kier molecular flexibility index (Phi) is 6.78. The molecule has 2 rings (SSSR count). The highest BCUT2D eigenvalue weighted by molar-refractivity contribution is 5.94. The van der Waals surface area contributed by atoms with Gasteiger partial charge in [-0.05, 0) is 31.5 Å². The van der Waals surface area contributed by atoms with E-state index in [1.54, 1.807) is 24.3 Å². The van der Waals surface area contributed by atoms with E-state index in [0.717, 1.165) is 0 Å². The minimum atomic E-state index is -0.442. The smallest absolute Gasteiger partial charge is 0.269 e. The number of nitrogens with two attached hydrogens (primary N) is 1. The maximum atomic E-state index is 10.8. The van der Waals surface area contributed by atoms with Gasteiger partial charge in [-0.15, -0.1) is 0 Å². The molecule has 0 atom stereocenters. The van der Waals surface area contributed by atoms with Crippen molar-refractivity contribution in [2.24, 2.45) is 10.7 Å². The van der Waals surface area contributed by atoms with Crippen LogP contribution in [0.1, 0.15) is 19.4 Å². The number of hydrogen-bond donors (Lipinski definition) is 2. The lowest BCUT2D eigenvalue weighted by atomic mass is 10.2. The van der Waals surface area contributed by atoms with Gasteiger partial charge in [-0.25, -0.2) is 4.99 Å². The molecule has 26 heavy (non-hydrogen) atoms. The van der Waals surface area contributed by atoms with Gasteiger partial charge in [-0.1, -0.05) is 12.1 Å². The van der Waals surface area contributed by atoms with E-state index in [4.69, 9.17) is 15.2 Å². The van der Waals surface area contributed by atoms with Crippen molar-refractivity contribution in [3.63, 3.8) is 0 Å². The standard InChI is InChI=1S/C18H22N4O4/c1-3-25-15-8-9-17(26-4-2)16(11-15)21-18(19)20-12-13-6-5-7-14(10-13)22(23)24/h5-11H,3-4,12H2,1-2H3,(H3,19,20,21). The molecule has 0 aliphatic heterocycles. The zero-order chi connectivity index (χ0) is 18.9. The third kappa shape index (κ3) is 5.37. The second kappa shape index (κ2) is 9.26. The number of nitro groups is 1. The predicted molar refractivity (Wildman–Crippen MR) is 101 cm³/mol. The molecule has 0 radical (unpaired) electrons. The fourth-order valence-corrected chi connectivity index (χ4v) is 2.27. The van der Waals surface area contributed by atoms with Crippen LogP contribution in [-0.4, -0.2) is 24.1 Å². The zero-order valence-corrected chi connectivity index (χ0v) is 14.8. The van der Waals surface area contributed by atoms with E-state index in [1.165, 1.54) is 12.1 Å². The second-order valence-corrected chi connectivity index (χ2v) is 5.28. The average Bonchev–Trinajstić information content (AvgIpc) is 2.63. The van der Waals surface area contributed by atoms with Gasteiger partial charge < -0.3 is 20.5 Å². The van der Waals surface area contributed by atoms with Crippen LogP contribution in [0.4, 0.5) is 11.4 Å². The van der Waals surface area contributed by atoms with E-state index in [9.17, 15) is 10.1 Å². The minimum Gasteiger partial charge on any atom is -0.494 e. The molecule has 0 aliphatic carbocycles. The number of aliphatic imine (C=N–C) groups is 1. The SMILES string of the molecule is CCOc1ccc(OCC)c(NC(N)=NCc2cccc([N+](=O)[O-])c2)c1. The second-order valence-electron chi connectivity index (χ2n) is 5.28. The Morgan fingerprint density at radius 3 is 2.65 bits per heavy atom. The van der Waals surface area contributed by atoms with Crippen molar-refractivity contribution in [1.29, 1.82) is 0 Å². The summed E-state index contributed by atoms with van der Waals surface area (Å²) in [5, 5.41) is 13.8. The first-order valence-corrected chi connectivity index (χ1v) is 8.23. The molecule has 0 amide bonds. The van der Waals surface area contributed by atoms with Crippen molar-refractivity contribution < 1.29 is 14.4 Å². The number of nitrogens with zero attached hydrogens (tertiary/aromatic N) is 2. The first-order valence-electron chi connectivity index (χ1n) is 8.23. The third-order valence-electron chi connectivity index (χ3n) is 3.38. The molecule has 0 heterocycles. The minimum absolute atomic E-state index is 0.0206. The summed E-state index contributed by atoms with van der Waals surface area (Å²) >= 11 is 0. The monoisotopic (exact) mass is 358 g/mol. The summed E-state index contributed by atoms with van der Waals surface area (Å²) in [5.74, 6) is 1.49. The van der Waals surface area contributed by atoms with Crippen LogP contribution in [0.15, 0.2) is 47.5 Å². The molecular formula is C18H22N4O4. The number of guanidine groups is 1. The summed E-state index contributed by atoms with van der Waals surface area (Å²) in [5.41, 5.74) is 7.30. The number of hydrogen-bond acceptors (Lipinski definition) is 5. The van der Waals surface area contributed by atoms with E-state index < -0.39 is 4.92 Å². The Labute approximate surface area is 151 Å². The molecule has 0 aromatic heterocycles. The molecule has 2 aromatic rings. The Hall–Kier alpha value is -3.29. The van der Waals surface area contributed by atoms with Crippen molar-refractivity contribution in [1.82, 2.24) is 0 Å². The highest BCUT2D eigenvalue weighted by Gasteiger charge is 2.08. The van der Waals surface area contributed by atoms with E-state index in [0.29, 0.717) is 36.0 Å². The first-order chi connectivity index (χ1) is 12.5. The maximum absolute atomic E-state index is 10.8. The first kappa shape index (κ1) is 19.0. The van der Waals surface area contributed by atoms with E-state index in [1.807, 2.05) is 19.9 Å². The highest BCUT2D eigenvalue weighted by Crippen LogP contribution is 2.29. The number of ether oxygens (including phenoxy) is 2.